The molecule has 0 bridgehead atoms. The van der Waals surface area contributed by atoms with E-state index in [1.807, 2.05) is 11.8 Å². The molecule has 0 saturated heterocycles. The molecular formula is C28H29NS. The Balaban J connectivity index is 1.57. The maximum absolute atomic E-state index is 3.81. The largest absolute Gasteiger partial charge is 0.353 e. The Bertz CT molecular complexity index is 1090. The lowest BCUT2D eigenvalue weighted by atomic mass is 9.73. The van der Waals surface area contributed by atoms with Crippen LogP contribution in [0.3, 0.4) is 0 Å². The number of allylic oxidation sites excluding steroid dienone is 8. The van der Waals surface area contributed by atoms with Crippen LogP contribution in [0.25, 0.3) is 0 Å². The van der Waals surface area contributed by atoms with Crippen LogP contribution < -0.4 is 5.32 Å². The van der Waals surface area contributed by atoms with Crippen LogP contribution in [0.15, 0.2) is 94.8 Å². The summed E-state index contributed by atoms with van der Waals surface area (Å²) in [7, 11) is 0. The Kier molecular flexibility index (Phi) is 4.99. The summed E-state index contributed by atoms with van der Waals surface area (Å²) < 4.78 is 0. The van der Waals surface area contributed by atoms with Crippen LogP contribution in [0.5, 0.6) is 0 Å². The van der Waals surface area contributed by atoms with Gasteiger partial charge in [0.25, 0.3) is 0 Å². The van der Waals surface area contributed by atoms with Gasteiger partial charge in [0.15, 0.2) is 0 Å². The van der Waals surface area contributed by atoms with E-state index in [0.29, 0.717) is 0 Å². The van der Waals surface area contributed by atoms with Crippen LogP contribution in [0.1, 0.15) is 37.8 Å². The highest BCUT2D eigenvalue weighted by Gasteiger charge is 2.30. The summed E-state index contributed by atoms with van der Waals surface area (Å²) in [5.74, 6) is 0. The Morgan fingerprint density at radius 3 is 2.20 bits per heavy atom. The molecule has 2 unspecified atom stereocenters. The molecule has 2 aromatic carbocycles. The maximum atomic E-state index is 3.81. The van der Waals surface area contributed by atoms with Crippen LogP contribution >= 0.6 is 11.8 Å². The molecule has 0 radical (unpaired) electrons. The molecule has 3 aliphatic rings. The molecule has 5 rings (SSSR count). The third kappa shape index (κ3) is 3.81. The maximum Gasteiger partial charge on any atom is 0.0562 e. The zero-order chi connectivity index (χ0) is 20.6. The summed E-state index contributed by atoms with van der Waals surface area (Å²) in [6.07, 6.45) is 22.5. The highest BCUT2D eigenvalue weighted by molar-refractivity contribution is 7.99. The first-order valence-electron chi connectivity index (χ1n) is 10.9. The Hall–Kier alpha value is -2.45. The molecule has 0 fully saturated rings. The van der Waals surface area contributed by atoms with Gasteiger partial charge in [0.1, 0.15) is 0 Å². The van der Waals surface area contributed by atoms with E-state index in [1.54, 1.807) is 0 Å². The van der Waals surface area contributed by atoms with Crippen molar-refractivity contribution in [3.63, 3.8) is 0 Å². The highest BCUT2D eigenvalue weighted by atomic mass is 32.2. The average Bonchev–Trinajstić information content (AvgIpc) is 2.75. The topological polar surface area (TPSA) is 12.0 Å². The fourth-order valence-corrected chi connectivity index (χ4v) is 5.84. The lowest BCUT2D eigenvalue weighted by Crippen LogP contribution is -2.23. The van der Waals surface area contributed by atoms with Gasteiger partial charge in [-0.1, -0.05) is 92.4 Å². The molecule has 0 aromatic heterocycles. The van der Waals surface area contributed by atoms with Crippen molar-refractivity contribution in [1.29, 1.82) is 0 Å². The molecule has 1 nitrogen and oxygen atoms in total. The zero-order valence-corrected chi connectivity index (χ0v) is 18.6. The Morgan fingerprint density at radius 2 is 1.50 bits per heavy atom. The standard InChI is InChI=1S/C28H29NS/c1-27(15-7-3-8-16-27)19-21-13-14-25-26(29-23-11-5-6-12-24(23)30-25)22(21)20-28(2)17-9-4-10-18-28/h3-15,17,29H,16,18-20H2,1-2H3. The van der Waals surface area contributed by atoms with Crippen molar-refractivity contribution in [2.24, 2.45) is 10.8 Å². The average molecular weight is 412 g/mol. The summed E-state index contributed by atoms with van der Waals surface area (Å²) in [6.45, 7) is 4.78. The smallest absolute Gasteiger partial charge is 0.0562 e. The normalized spacial score (nSPS) is 26.2. The van der Waals surface area contributed by atoms with Crippen LogP contribution in [0.4, 0.5) is 11.4 Å². The van der Waals surface area contributed by atoms with E-state index in [9.17, 15) is 0 Å². The fraction of sp³-hybridized carbons (Fsp3) is 0.286. The van der Waals surface area contributed by atoms with Gasteiger partial charge in [0.05, 0.1) is 11.4 Å². The van der Waals surface area contributed by atoms with Gasteiger partial charge >= 0.3 is 0 Å². The SMILES string of the molecule is CC1(Cc2ccc3c(c2CC2(C)C=CC=CC2)Nc2ccccc2S3)C=CC=CC1. The van der Waals surface area contributed by atoms with Crippen molar-refractivity contribution in [3.05, 3.63) is 96.1 Å². The molecule has 30 heavy (non-hydrogen) atoms. The number of hydrogen-bond donors (Lipinski definition) is 1. The number of fused-ring (bicyclic) bond motifs is 2. The van der Waals surface area contributed by atoms with Gasteiger partial charge in [-0.25, -0.2) is 0 Å². The number of anilines is 2. The minimum atomic E-state index is 0.158. The predicted molar refractivity (Wildman–Crippen MR) is 130 cm³/mol. The first kappa shape index (κ1) is 19.5. The van der Waals surface area contributed by atoms with Gasteiger partial charge in [0, 0.05) is 9.79 Å². The first-order valence-corrected chi connectivity index (χ1v) is 11.7. The molecule has 1 heterocycles. The number of para-hydroxylation sites is 1. The molecule has 0 saturated carbocycles. The van der Waals surface area contributed by atoms with E-state index in [2.05, 4.69) is 104 Å². The van der Waals surface area contributed by atoms with Crippen molar-refractivity contribution in [3.8, 4) is 0 Å². The molecule has 0 spiro atoms. The summed E-state index contributed by atoms with van der Waals surface area (Å²) >= 11 is 1.89. The second kappa shape index (κ2) is 7.67. The van der Waals surface area contributed by atoms with Gasteiger partial charge in [-0.05, 0) is 65.8 Å². The molecular weight excluding hydrogens is 382 g/mol. The minimum Gasteiger partial charge on any atom is -0.353 e. The van der Waals surface area contributed by atoms with E-state index < -0.39 is 0 Å². The number of rotatable bonds is 4. The van der Waals surface area contributed by atoms with E-state index in [-0.39, 0.29) is 10.8 Å². The molecule has 2 heteroatoms. The Labute approximate surface area is 184 Å². The summed E-state index contributed by atoms with van der Waals surface area (Å²) in [6, 6.07) is 13.4. The van der Waals surface area contributed by atoms with Crippen molar-refractivity contribution in [2.45, 2.75) is 49.3 Å². The molecule has 1 N–H and O–H groups in total. The number of benzene rings is 2. The second-order valence-corrected chi connectivity index (χ2v) is 10.5. The number of nitrogens with one attached hydrogen (secondary N) is 1. The van der Waals surface area contributed by atoms with Crippen molar-refractivity contribution in [1.82, 2.24) is 0 Å². The monoisotopic (exact) mass is 411 g/mol. The van der Waals surface area contributed by atoms with Gasteiger partial charge in [-0.2, -0.15) is 0 Å². The highest BCUT2D eigenvalue weighted by Crippen LogP contribution is 2.49. The minimum absolute atomic E-state index is 0.158. The van der Waals surface area contributed by atoms with Gasteiger partial charge < -0.3 is 5.32 Å². The van der Waals surface area contributed by atoms with Crippen molar-refractivity contribution < 1.29 is 0 Å². The second-order valence-electron chi connectivity index (χ2n) is 9.44. The van der Waals surface area contributed by atoms with Gasteiger partial charge in [0.2, 0.25) is 0 Å². The van der Waals surface area contributed by atoms with E-state index in [0.717, 1.165) is 25.7 Å². The summed E-state index contributed by atoms with van der Waals surface area (Å²) in [4.78, 5) is 2.65. The lowest BCUT2D eigenvalue weighted by molar-refractivity contribution is 0.408. The van der Waals surface area contributed by atoms with Gasteiger partial charge in [-0.3, -0.25) is 0 Å². The quantitative estimate of drug-likeness (QED) is 0.466. The van der Waals surface area contributed by atoms with Crippen molar-refractivity contribution in [2.75, 3.05) is 5.32 Å². The predicted octanol–water partition coefficient (Wildman–Crippen LogP) is 8.02. The van der Waals surface area contributed by atoms with Crippen LogP contribution in [0.2, 0.25) is 0 Å². The van der Waals surface area contributed by atoms with E-state index in [4.69, 9.17) is 0 Å². The summed E-state index contributed by atoms with van der Waals surface area (Å²) in [5.41, 5.74) is 5.85. The zero-order valence-electron chi connectivity index (χ0n) is 17.8. The van der Waals surface area contributed by atoms with Crippen molar-refractivity contribution >= 4 is 23.1 Å². The first-order chi connectivity index (χ1) is 14.5. The molecule has 1 aliphatic heterocycles. The van der Waals surface area contributed by atoms with E-state index >= 15 is 0 Å². The van der Waals surface area contributed by atoms with E-state index in [1.165, 1.54) is 32.3 Å². The molecule has 152 valence electrons. The third-order valence-electron chi connectivity index (χ3n) is 6.57. The lowest BCUT2D eigenvalue weighted by Gasteiger charge is -2.34. The van der Waals surface area contributed by atoms with Crippen LogP contribution in [0, 0.1) is 10.8 Å². The Morgan fingerprint density at radius 1 is 0.800 bits per heavy atom. The van der Waals surface area contributed by atoms with Crippen LogP contribution in [-0.4, -0.2) is 0 Å². The summed E-state index contributed by atoms with van der Waals surface area (Å²) in [5, 5.41) is 3.81. The third-order valence-corrected chi connectivity index (χ3v) is 7.71. The van der Waals surface area contributed by atoms with Crippen LogP contribution in [-0.2, 0) is 12.8 Å². The molecule has 2 atom stereocenters. The molecule has 2 aliphatic carbocycles. The molecule has 2 aromatic rings. The number of hydrogen-bond acceptors (Lipinski definition) is 2. The fourth-order valence-electron chi connectivity index (χ4n) is 4.82. The molecule has 0 amide bonds. The van der Waals surface area contributed by atoms with Gasteiger partial charge in [-0.15, -0.1) is 0 Å².